The van der Waals surface area contributed by atoms with Crippen LogP contribution in [0, 0.1) is 0 Å². The number of hydrogen-bond acceptors (Lipinski definition) is 5. The molecule has 0 aromatic heterocycles. The van der Waals surface area contributed by atoms with Crippen molar-refractivity contribution in [3.05, 3.63) is 101 Å². The van der Waals surface area contributed by atoms with Crippen molar-refractivity contribution in [2.24, 2.45) is 4.40 Å². The topological polar surface area (TPSA) is 84.8 Å². The number of Topliss-reactive ketones (excluding diaryl/α,β-unsaturated/α-hetero) is 1. The zero-order valence-corrected chi connectivity index (χ0v) is 20.1. The van der Waals surface area contributed by atoms with E-state index in [1.807, 2.05) is 20.8 Å². The quantitative estimate of drug-likeness (QED) is 0.483. The van der Waals surface area contributed by atoms with E-state index in [-0.39, 0.29) is 22.1 Å². The molecule has 1 aliphatic carbocycles. The van der Waals surface area contributed by atoms with Crippen molar-refractivity contribution in [3.63, 3.8) is 0 Å². The summed E-state index contributed by atoms with van der Waals surface area (Å²) in [5, 5.41) is 3.10. The second-order valence-electron chi connectivity index (χ2n) is 8.19. The second kappa shape index (κ2) is 9.65. The number of carbonyl (C=O) groups is 1. The fraction of sp³-hybridized carbons (Fsp3) is 0.185. The Balaban J connectivity index is 1.72. The highest BCUT2D eigenvalue weighted by Gasteiger charge is 2.26. The van der Waals surface area contributed by atoms with Crippen LogP contribution in [0.25, 0.3) is 0 Å². The predicted octanol–water partition coefficient (Wildman–Crippen LogP) is 5.58. The van der Waals surface area contributed by atoms with Gasteiger partial charge < -0.3 is 10.1 Å². The lowest BCUT2D eigenvalue weighted by atomic mass is 9.92. The Morgan fingerprint density at radius 2 is 1.56 bits per heavy atom. The standard InChI is InChI=1S/C27H26N2O4S/c1-4-33-21-13-11-20(12-14-21)28-26-17-25(23-7-5-6-8-24(23)27(26)30)29-34(31,32)22-15-9-19(10-16-22)18(2)3/h5-18,28H,4H2,1-3H3/b29-25-. The van der Waals surface area contributed by atoms with Gasteiger partial charge in [0.15, 0.2) is 0 Å². The average molecular weight is 475 g/mol. The van der Waals surface area contributed by atoms with E-state index in [1.165, 1.54) is 6.08 Å². The van der Waals surface area contributed by atoms with Crippen molar-refractivity contribution >= 4 is 27.2 Å². The molecule has 6 nitrogen and oxygen atoms in total. The highest BCUT2D eigenvalue weighted by atomic mass is 32.2. The average Bonchev–Trinajstić information content (AvgIpc) is 2.83. The van der Waals surface area contributed by atoms with Crippen LogP contribution < -0.4 is 10.1 Å². The fourth-order valence-electron chi connectivity index (χ4n) is 3.66. The summed E-state index contributed by atoms with van der Waals surface area (Å²) in [6.07, 6.45) is 1.49. The summed E-state index contributed by atoms with van der Waals surface area (Å²) in [5.74, 6) is 0.778. The molecular weight excluding hydrogens is 448 g/mol. The molecule has 0 saturated carbocycles. The smallest absolute Gasteiger partial charge is 0.282 e. The van der Waals surface area contributed by atoms with Crippen molar-refractivity contribution in [3.8, 4) is 5.75 Å². The van der Waals surface area contributed by atoms with Crippen molar-refractivity contribution < 1.29 is 17.9 Å². The molecule has 174 valence electrons. The molecule has 0 fully saturated rings. The Kier molecular flexibility index (Phi) is 6.65. The van der Waals surface area contributed by atoms with Gasteiger partial charge in [-0.25, -0.2) is 0 Å². The summed E-state index contributed by atoms with van der Waals surface area (Å²) >= 11 is 0. The summed E-state index contributed by atoms with van der Waals surface area (Å²) in [5.41, 5.74) is 3.04. The van der Waals surface area contributed by atoms with Gasteiger partial charge >= 0.3 is 0 Å². The van der Waals surface area contributed by atoms with E-state index < -0.39 is 10.0 Å². The van der Waals surface area contributed by atoms with E-state index in [9.17, 15) is 13.2 Å². The number of hydrogen-bond donors (Lipinski definition) is 1. The lowest BCUT2D eigenvalue weighted by Crippen LogP contribution is -2.22. The van der Waals surface area contributed by atoms with Crippen molar-refractivity contribution in [2.45, 2.75) is 31.6 Å². The molecule has 0 radical (unpaired) electrons. The zero-order chi connectivity index (χ0) is 24.3. The number of benzene rings is 3. The predicted molar refractivity (Wildman–Crippen MR) is 134 cm³/mol. The van der Waals surface area contributed by atoms with Crippen molar-refractivity contribution in [2.75, 3.05) is 11.9 Å². The molecule has 34 heavy (non-hydrogen) atoms. The van der Waals surface area contributed by atoms with Gasteiger partial charge in [0, 0.05) is 16.8 Å². The van der Waals surface area contributed by atoms with Gasteiger partial charge in [0.05, 0.1) is 22.9 Å². The first-order chi connectivity index (χ1) is 16.3. The van der Waals surface area contributed by atoms with Crippen LogP contribution in [0.5, 0.6) is 5.75 Å². The maximum Gasteiger partial charge on any atom is 0.282 e. The molecule has 1 N–H and O–H groups in total. The summed E-state index contributed by atoms with van der Waals surface area (Å²) in [6, 6.07) is 20.8. The van der Waals surface area contributed by atoms with E-state index in [4.69, 9.17) is 4.74 Å². The van der Waals surface area contributed by atoms with Crippen LogP contribution in [0.1, 0.15) is 48.2 Å². The Labute approximate surface area is 200 Å². The largest absolute Gasteiger partial charge is 0.494 e. The summed E-state index contributed by atoms with van der Waals surface area (Å²) in [4.78, 5) is 13.2. The molecule has 0 amide bonds. The van der Waals surface area contributed by atoms with Gasteiger partial charge in [-0.1, -0.05) is 50.2 Å². The number of allylic oxidation sites excluding steroid dienone is 2. The monoisotopic (exact) mass is 474 g/mol. The van der Waals surface area contributed by atoms with Gasteiger partial charge in [-0.2, -0.15) is 12.8 Å². The van der Waals surface area contributed by atoms with Crippen molar-refractivity contribution in [1.82, 2.24) is 0 Å². The highest BCUT2D eigenvalue weighted by Crippen LogP contribution is 2.26. The zero-order valence-electron chi connectivity index (χ0n) is 19.3. The van der Waals surface area contributed by atoms with Crippen molar-refractivity contribution in [1.29, 1.82) is 0 Å². The van der Waals surface area contributed by atoms with E-state index >= 15 is 0 Å². The molecule has 0 unspecified atom stereocenters. The Morgan fingerprint density at radius 3 is 2.18 bits per heavy atom. The van der Waals surface area contributed by atoms with Crippen LogP contribution in [0.15, 0.2) is 93.9 Å². The molecule has 0 saturated heterocycles. The molecule has 3 aromatic rings. The third kappa shape index (κ3) is 4.94. The number of nitrogens with one attached hydrogen (secondary N) is 1. The first-order valence-electron chi connectivity index (χ1n) is 11.1. The lowest BCUT2D eigenvalue weighted by molar-refractivity contribution is 0.103. The minimum Gasteiger partial charge on any atom is -0.494 e. The Hall–Kier alpha value is -3.71. The third-order valence-corrected chi connectivity index (χ3v) is 6.79. The number of anilines is 1. The molecule has 0 bridgehead atoms. The normalized spacial score (nSPS) is 14.6. The second-order valence-corrected chi connectivity index (χ2v) is 9.79. The SMILES string of the molecule is CCOc1ccc(NC2=C/C(=N/S(=O)(=O)c3ccc(C(C)C)cc3)c3ccccc3C2=O)cc1. The maximum absolute atomic E-state index is 13.1. The third-order valence-electron chi connectivity index (χ3n) is 5.48. The number of nitrogens with zero attached hydrogens (tertiary/aromatic N) is 1. The maximum atomic E-state index is 13.1. The summed E-state index contributed by atoms with van der Waals surface area (Å²) in [6.45, 7) is 6.55. The summed E-state index contributed by atoms with van der Waals surface area (Å²) in [7, 11) is -3.98. The minimum absolute atomic E-state index is 0.105. The van der Waals surface area contributed by atoms with Crippen LogP contribution in [0.2, 0.25) is 0 Å². The first kappa shape index (κ1) is 23.4. The number of ether oxygens (including phenoxy) is 1. The van der Waals surface area contributed by atoms with Gasteiger partial charge in [0.25, 0.3) is 10.0 Å². The van der Waals surface area contributed by atoms with Crippen LogP contribution in [-0.4, -0.2) is 26.5 Å². The minimum atomic E-state index is -3.98. The van der Waals surface area contributed by atoms with Gasteiger partial charge in [0.1, 0.15) is 5.75 Å². The van der Waals surface area contributed by atoms with Gasteiger partial charge in [-0.05, 0) is 60.9 Å². The van der Waals surface area contributed by atoms with Gasteiger partial charge in [-0.3, -0.25) is 4.79 Å². The van der Waals surface area contributed by atoms with Crippen LogP contribution >= 0.6 is 0 Å². The molecule has 1 aliphatic rings. The number of sulfonamides is 1. The molecule has 0 spiro atoms. The summed E-state index contributed by atoms with van der Waals surface area (Å²) < 4.78 is 35.8. The number of carbonyl (C=O) groups excluding carboxylic acids is 1. The molecule has 3 aromatic carbocycles. The molecule has 4 rings (SSSR count). The molecule has 0 heterocycles. The fourth-order valence-corrected chi connectivity index (χ4v) is 4.66. The number of fused-ring (bicyclic) bond motifs is 1. The highest BCUT2D eigenvalue weighted by molar-refractivity contribution is 7.90. The van der Waals surface area contributed by atoms with E-state index in [0.29, 0.717) is 29.3 Å². The Bertz CT molecular complexity index is 1370. The number of ketones is 1. The van der Waals surface area contributed by atoms with Crippen LogP contribution in [-0.2, 0) is 10.0 Å². The molecule has 0 aliphatic heterocycles. The number of rotatable bonds is 7. The van der Waals surface area contributed by atoms with E-state index in [2.05, 4.69) is 9.71 Å². The first-order valence-corrected chi connectivity index (χ1v) is 12.5. The van der Waals surface area contributed by atoms with Crippen LogP contribution in [0.3, 0.4) is 0 Å². The lowest BCUT2D eigenvalue weighted by Gasteiger charge is -2.19. The van der Waals surface area contributed by atoms with Crippen LogP contribution in [0.4, 0.5) is 5.69 Å². The van der Waals surface area contributed by atoms with E-state index in [1.54, 1.807) is 72.8 Å². The molecule has 7 heteroatoms. The molecule has 0 atom stereocenters. The van der Waals surface area contributed by atoms with E-state index in [0.717, 1.165) is 11.3 Å². The Morgan fingerprint density at radius 1 is 0.912 bits per heavy atom. The molecular formula is C27H26N2O4S. The van der Waals surface area contributed by atoms with Gasteiger partial charge in [-0.15, -0.1) is 0 Å². The van der Waals surface area contributed by atoms with Gasteiger partial charge in [0.2, 0.25) is 5.78 Å².